The van der Waals surface area contributed by atoms with E-state index in [2.05, 4.69) is 12.0 Å². The minimum absolute atomic E-state index is 0.0375. The van der Waals surface area contributed by atoms with Crippen molar-refractivity contribution in [1.82, 2.24) is 14.7 Å². The summed E-state index contributed by atoms with van der Waals surface area (Å²) in [5.41, 5.74) is 2.41. The Morgan fingerprint density at radius 1 is 1.42 bits per heavy atom. The van der Waals surface area contributed by atoms with E-state index in [0.29, 0.717) is 6.61 Å². The summed E-state index contributed by atoms with van der Waals surface area (Å²) in [5.74, 6) is 0.838. The zero-order valence-corrected chi connectivity index (χ0v) is 14.8. The molecular formula is C18H23N3O2S. The van der Waals surface area contributed by atoms with Gasteiger partial charge in [0.15, 0.2) is 0 Å². The lowest BCUT2D eigenvalue weighted by atomic mass is 9.99. The quantitative estimate of drug-likeness (QED) is 0.808. The minimum atomic E-state index is -0.0375. The molecule has 0 saturated heterocycles. The summed E-state index contributed by atoms with van der Waals surface area (Å²) in [7, 11) is 0. The van der Waals surface area contributed by atoms with Crippen LogP contribution in [0.4, 0.5) is 0 Å². The summed E-state index contributed by atoms with van der Waals surface area (Å²) in [5, 5.41) is 6.46. The van der Waals surface area contributed by atoms with E-state index in [9.17, 15) is 4.79 Å². The van der Waals surface area contributed by atoms with Crippen LogP contribution in [0.3, 0.4) is 0 Å². The van der Waals surface area contributed by atoms with E-state index in [1.807, 2.05) is 33.3 Å². The molecule has 1 aliphatic carbocycles. The molecule has 2 aliphatic rings. The van der Waals surface area contributed by atoms with Crippen molar-refractivity contribution >= 4 is 17.2 Å². The van der Waals surface area contributed by atoms with Crippen LogP contribution in [0, 0.1) is 5.92 Å². The molecule has 2 aromatic rings. The molecule has 4 rings (SSSR count). The first-order chi connectivity index (χ1) is 11.8. The monoisotopic (exact) mass is 345 g/mol. The van der Waals surface area contributed by atoms with Gasteiger partial charge in [-0.2, -0.15) is 5.10 Å². The highest BCUT2D eigenvalue weighted by molar-refractivity contribution is 7.12. The van der Waals surface area contributed by atoms with Gasteiger partial charge in [-0.3, -0.25) is 9.48 Å². The van der Waals surface area contributed by atoms with Gasteiger partial charge in [-0.15, -0.1) is 11.3 Å². The number of hydrogen-bond donors (Lipinski definition) is 0. The van der Waals surface area contributed by atoms with Crippen LogP contribution in [-0.4, -0.2) is 40.3 Å². The van der Waals surface area contributed by atoms with Crippen molar-refractivity contribution in [3.63, 3.8) is 0 Å². The first-order valence-corrected chi connectivity index (χ1v) is 9.62. The van der Waals surface area contributed by atoms with E-state index >= 15 is 0 Å². The molecule has 5 nitrogen and oxygen atoms in total. The molecule has 0 aromatic carbocycles. The van der Waals surface area contributed by atoms with E-state index in [0.717, 1.165) is 42.6 Å². The smallest absolute Gasteiger partial charge is 0.264 e. The maximum absolute atomic E-state index is 13.0. The second-order valence-electron chi connectivity index (χ2n) is 6.59. The lowest BCUT2D eigenvalue weighted by Crippen LogP contribution is -2.42. The van der Waals surface area contributed by atoms with Gasteiger partial charge >= 0.3 is 0 Å². The summed E-state index contributed by atoms with van der Waals surface area (Å²) in [4.78, 5) is 15.7. The molecule has 1 saturated carbocycles. The molecular weight excluding hydrogens is 322 g/mol. The Hall–Kier alpha value is -1.66. The molecule has 0 spiro atoms. The summed E-state index contributed by atoms with van der Waals surface area (Å²) < 4.78 is 8.01. The van der Waals surface area contributed by atoms with Gasteiger partial charge in [0, 0.05) is 19.7 Å². The van der Waals surface area contributed by atoms with Gasteiger partial charge < -0.3 is 9.64 Å². The van der Waals surface area contributed by atoms with Crippen molar-refractivity contribution in [1.29, 1.82) is 0 Å². The zero-order valence-electron chi connectivity index (χ0n) is 14.0. The largest absolute Gasteiger partial charge is 0.379 e. The number of aromatic nitrogens is 2. The number of carbonyl (C=O) groups is 1. The Labute approximate surface area is 146 Å². The fourth-order valence-corrected chi connectivity index (χ4v) is 4.07. The van der Waals surface area contributed by atoms with Gasteiger partial charge in [0.25, 0.3) is 5.91 Å². The number of fused-ring (bicyclic) bond motifs is 1. The summed E-state index contributed by atoms with van der Waals surface area (Å²) >= 11 is 1.50. The first kappa shape index (κ1) is 15.8. The molecule has 0 radical (unpaired) electrons. The topological polar surface area (TPSA) is 47.4 Å². The number of amides is 1. The summed E-state index contributed by atoms with van der Waals surface area (Å²) in [6.07, 6.45) is 5.38. The first-order valence-electron chi connectivity index (χ1n) is 8.74. The van der Waals surface area contributed by atoms with E-state index in [4.69, 9.17) is 4.74 Å². The van der Waals surface area contributed by atoms with E-state index in [1.165, 1.54) is 29.7 Å². The van der Waals surface area contributed by atoms with Crippen molar-refractivity contribution in [3.05, 3.63) is 39.8 Å². The van der Waals surface area contributed by atoms with E-state index in [1.54, 1.807) is 0 Å². The lowest BCUT2D eigenvalue weighted by molar-refractivity contribution is 0.0349. The molecule has 24 heavy (non-hydrogen) atoms. The van der Waals surface area contributed by atoms with E-state index < -0.39 is 0 Å². The number of thiophene rings is 1. The van der Waals surface area contributed by atoms with Crippen LogP contribution in [0.5, 0.6) is 0 Å². The Morgan fingerprint density at radius 2 is 2.29 bits per heavy atom. The van der Waals surface area contributed by atoms with Crippen molar-refractivity contribution in [2.24, 2.45) is 5.92 Å². The van der Waals surface area contributed by atoms with E-state index in [-0.39, 0.29) is 11.9 Å². The van der Waals surface area contributed by atoms with Crippen LogP contribution in [0.2, 0.25) is 0 Å². The van der Waals surface area contributed by atoms with Gasteiger partial charge in [-0.1, -0.05) is 6.07 Å². The van der Waals surface area contributed by atoms with Gasteiger partial charge in [-0.25, -0.2) is 0 Å². The normalized spacial score (nSPS) is 20.2. The number of rotatable bonds is 6. The van der Waals surface area contributed by atoms with Crippen LogP contribution in [0.1, 0.15) is 46.7 Å². The van der Waals surface area contributed by atoms with Gasteiger partial charge in [0.1, 0.15) is 0 Å². The van der Waals surface area contributed by atoms with Crippen LogP contribution in [-0.2, 0) is 17.7 Å². The third kappa shape index (κ3) is 3.00. The highest BCUT2D eigenvalue weighted by atomic mass is 32.1. The minimum Gasteiger partial charge on any atom is -0.379 e. The maximum Gasteiger partial charge on any atom is 0.264 e. The molecule has 3 heterocycles. The van der Waals surface area contributed by atoms with Crippen LogP contribution < -0.4 is 0 Å². The Morgan fingerprint density at radius 3 is 3.00 bits per heavy atom. The molecule has 0 bridgehead atoms. The molecule has 1 aliphatic heterocycles. The molecule has 128 valence electrons. The predicted octanol–water partition coefficient (Wildman–Crippen LogP) is 3.13. The molecule has 1 fully saturated rings. The number of ether oxygens (including phenoxy) is 1. The fraction of sp³-hybridized carbons (Fsp3) is 0.556. The van der Waals surface area contributed by atoms with Crippen LogP contribution in [0.15, 0.2) is 23.7 Å². The highest BCUT2D eigenvalue weighted by Crippen LogP contribution is 2.33. The number of aryl methyl sites for hydroxylation is 1. The number of hydrogen-bond acceptors (Lipinski definition) is 4. The number of carbonyl (C=O) groups excluding carboxylic acids is 1. The SMILES string of the molecule is CCn1ncc2c1[C@@H](COCC1CC1)N(C(=O)c1cccs1)CC2. The second kappa shape index (κ2) is 6.69. The molecule has 6 heteroatoms. The molecule has 2 aromatic heterocycles. The molecule has 1 atom stereocenters. The van der Waals surface area contributed by atoms with Crippen molar-refractivity contribution < 1.29 is 9.53 Å². The number of nitrogens with zero attached hydrogens (tertiary/aromatic N) is 3. The Bertz CT molecular complexity index is 692. The van der Waals surface area contributed by atoms with Crippen LogP contribution >= 0.6 is 11.3 Å². The van der Waals surface area contributed by atoms with Crippen molar-refractivity contribution in [2.75, 3.05) is 19.8 Å². The molecule has 0 N–H and O–H groups in total. The Balaban J connectivity index is 1.60. The van der Waals surface area contributed by atoms with Gasteiger partial charge in [0.05, 0.1) is 29.4 Å². The van der Waals surface area contributed by atoms with Crippen LogP contribution in [0.25, 0.3) is 0 Å². The predicted molar refractivity (Wildman–Crippen MR) is 93.2 cm³/mol. The third-order valence-corrected chi connectivity index (χ3v) is 5.75. The maximum atomic E-state index is 13.0. The molecule has 1 amide bonds. The highest BCUT2D eigenvalue weighted by Gasteiger charge is 2.35. The second-order valence-corrected chi connectivity index (χ2v) is 7.54. The standard InChI is InChI=1S/C18H23N3O2S/c1-2-21-17-14(10-19-21)7-8-20(18(22)16-4-3-9-24-16)15(17)12-23-11-13-5-6-13/h3-4,9-10,13,15H,2,5-8,11-12H2,1H3/t15-/m1/s1. The lowest BCUT2D eigenvalue weighted by Gasteiger charge is -2.36. The fourth-order valence-electron chi connectivity index (χ4n) is 3.39. The zero-order chi connectivity index (χ0) is 16.5. The van der Waals surface area contributed by atoms with Crippen molar-refractivity contribution in [2.45, 2.75) is 38.8 Å². The Kier molecular flexibility index (Phi) is 4.41. The molecule has 0 unspecified atom stereocenters. The average Bonchev–Trinajstić information content (AvgIpc) is 3.11. The summed E-state index contributed by atoms with van der Waals surface area (Å²) in [6, 6.07) is 3.80. The summed E-state index contributed by atoms with van der Waals surface area (Å²) in [6.45, 7) is 5.01. The van der Waals surface area contributed by atoms with Crippen molar-refractivity contribution in [3.8, 4) is 0 Å². The third-order valence-electron chi connectivity index (χ3n) is 4.89. The van der Waals surface area contributed by atoms with Gasteiger partial charge in [0.2, 0.25) is 0 Å². The van der Waals surface area contributed by atoms with Gasteiger partial charge in [-0.05, 0) is 49.1 Å². The average molecular weight is 345 g/mol.